The maximum Gasteiger partial charge on any atom is 0.254 e. The van der Waals surface area contributed by atoms with E-state index in [0.717, 1.165) is 4.31 Å². The van der Waals surface area contributed by atoms with Crippen LogP contribution in [0.25, 0.3) is 0 Å². The molecule has 0 radical (unpaired) electrons. The van der Waals surface area contributed by atoms with Crippen molar-refractivity contribution in [3.05, 3.63) is 27.7 Å². The summed E-state index contributed by atoms with van der Waals surface area (Å²) >= 11 is 11.8. The molecule has 1 rings (SSSR count). The van der Waals surface area contributed by atoms with E-state index in [4.69, 9.17) is 23.2 Å². The standard InChI is InChI=1S/C11H14Cl2N2O3S/c1-14(2)11(16)7-5-10(9(13)6-8(7)12)19(17,18)15(3)4/h5-6H,1-4H3. The van der Waals surface area contributed by atoms with Gasteiger partial charge in [-0.1, -0.05) is 23.2 Å². The summed E-state index contributed by atoms with van der Waals surface area (Å²) in [5.41, 5.74) is 0.0940. The molecule has 0 N–H and O–H groups in total. The Hall–Kier alpha value is -0.820. The lowest BCUT2D eigenvalue weighted by Crippen LogP contribution is -2.25. The number of halogens is 2. The summed E-state index contributed by atoms with van der Waals surface area (Å²) in [7, 11) is 2.13. The molecule has 0 aromatic heterocycles. The van der Waals surface area contributed by atoms with Gasteiger partial charge < -0.3 is 4.90 Å². The van der Waals surface area contributed by atoms with E-state index in [-0.39, 0.29) is 20.5 Å². The van der Waals surface area contributed by atoms with Crippen LogP contribution in [0.4, 0.5) is 0 Å². The zero-order chi connectivity index (χ0) is 15.0. The molecule has 0 aliphatic carbocycles. The number of hydrogen-bond acceptors (Lipinski definition) is 3. The highest BCUT2D eigenvalue weighted by molar-refractivity contribution is 7.89. The maximum atomic E-state index is 12.1. The Morgan fingerprint density at radius 3 is 2.00 bits per heavy atom. The quantitative estimate of drug-likeness (QED) is 0.853. The van der Waals surface area contributed by atoms with Crippen molar-refractivity contribution >= 4 is 39.1 Å². The molecule has 0 saturated carbocycles. The van der Waals surface area contributed by atoms with Crippen LogP contribution in [0.1, 0.15) is 10.4 Å². The van der Waals surface area contributed by atoms with Gasteiger partial charge in [0.2, 0.25) is 10.0 Å². The molecule has 19 heavy (non-hydrogen) atoms. The molecule has 0 aliphatic rings. The molecule has 1 amide bonds. The summed E-state index contributed by atoms with van der Waals surface area (Å²) in [6.45, 7) is 0. The van der Waals surface area contributed by atoms with E-state index in [1.54, 1.807) is 14.1 Å². The van der Waals surface area contributed by atoms with Crippen molar-refractivity contribution < 1.29 is 13.2 Å². The molecule has 0 spiro atoms. The molecule has 0 atom stereocenters. The molecule has 0 heterocycles. The second-order valence-corrected chi connectivity index (χ2v) is 7.18. The lowest BCUT2D eigenvalue weighted by Gasteiger charge is -2.16. The molecule has 5 nitrogen and oxygen atoms in total. The van der Waals surface area contributed by atoms with E-state index >= 15 is 0 Å². The van der Waals surface area contributed by atoms with Crippen molar-refractivity contribution in [2.75, 3.05) is 28.2 Å². The van der Waals surface area contributed by atoms with Crippen LogP contribution in [0.3, 0.4) is 0 Å². The van der Waals surface area contributed by atoms with Crippen LogP contribution in [0.5, 0.6) is 0 Å². The first-order valence-corrected chi connectivity index (χ1v) is 7.42. The Morgan fingerprint density at radius 1 is 1.05 bits per heavy atom. The fourth-order valence-electron chi connectivity index (χ4n) is 1.33. The first kappa shape index (κ1) is 16.2. The van der Waals surface area contributed by atoms with Crippen LogP contribution < -0.4 is 0 Å². The third kappa shape index (κ3) is 3.20. The fraction of sp³-hybridized carbons (Fsp3) is 0.364. The summed E-state index contributed by atoms with van der Waals surface area (Å²) in [4.78, 5) is 13.1. The Balaban J connectivity index is 3.54. The van der Waals surface area contributed by atoms with E-state index < -0.39 is 15.9 Å². The second kappa shape index (κ2) is 5.66. The maximum absolute atomic E-state index is 12.1. The van der Waals surface area contributed by atoms with E-state index in [1.165, 1.54) is 31.1 Å². The van der Waals surface area contributed by atoms with Gasteiger partial charge in [0, 0.05) is 28.2 Å². The number of hydrogen-bond donors (Lipinski definition) is 0. The molecule has 1 aromatic carbocycles. The first-order chi connectivity index (χ1) is 8.59. The SMILES string of the molecule is CN(C)C(=O)c1cc(S(=O)(=O)N(C)C)c(Cl)cc1Cl. The molecule has 106 valence electrons. The van der Waals surface area contributed by atoms with Crippen molar-refractivity contribution in [1.82, 2.24) is 9.21 Å². The number of nitrogens with zero attached hydrogens (tertiary/aromatic N) is 2. The summed E-state index contributed by atoms with van der Waals surface area (Å²) in [5.74, 6) is -0.392. The lowest BCUT2D eigenvalue weighted by molar-refractivity contribution is 0.0827. The number of amides is 1. The summed E-state index contributed by atoms with van der Waals surface area (Å²) in [5, 5.41) is 0.0930. The molecule has 0 bridgehead atoms. The molecule has 0 aliphatic heterocycles. The number of carbonyl (C=O) groups excluding carboxylic acids is 1. The molecular weight excluding hydrogens is 311 g/mol. The van der Waals surface area contributed by atoms with Crippen LogP contribution in [0.15, 0.2) is 17.0 Å². The first-order valence-electron chi connectivity index (χ1n) is 5.22. The van der Waals surface area contributed by atoms with Crippen molar-refractivity contribution in [3.8, 4) is 0 Å². The van der Waals surface area contributed by atoms with Gasteiger partial charge in [-0.15, -0.1) is 0 Å². The highest BCUT2D eigenvalue weighted by atomic mass is 35.5. The molecule has 0 unspecified atom stereocenters. The summed E-state index contributed by atoms with van der Waals surface area (Å²) < 4.78 is 25.2. The highest BCUT2D eigenvalue weighted by Gasteiger charge is 2.24. The van der Waals surface area contributed by atoms with E-state index in [2.05, 4.69) is 0 Å². The molecule has 0 fully saturated rings. The van der Waals surface area contributed by atoms with E-state index in [0.29, 0.717) is 0 Å². The minimum Gasteiger partial charge on any atom is -0.345 e. The summed E-state index contributed by atoms with van der Waals surface area (Å²) in [6, 6.07) is 2.46. The third-order valence-electron chi connectivity index (χ3n) is 2.42. The van der Waals surface area contributed by atoms with Gasteiger partial charge in [0.25, 0.3) is 5.91 Å². The zero-order valence-electron chi connectivity index (χ0n) is 10.9. The average Bonchev–Trinajstić information content (AvgIpc) is 2.27. The lowest BCUT2D eigenvalue weighted by atomic mass is 10.2. The van der Waals surface area contributed by atoms with Crippen LogP contribution >= 0.6 is 23.2 Å². The predicted molar refractivity (Wildman–Crippen MR) is 75.4 cm³/mol. The van der Waals surface area contributed by atoms with Gasteiger partial charge in [0.15, 0.2) is 0 Å². The minimum atomic E-state index is -3.73. The fourth-order valence-corrected chi connectivity index (χ4v) is 3.05. The van der Waals surface area contributed by atoms with Gasteiger partial charge in [0.05, 0.1) is 15.6 Å². The third-order valence-corrected chi connectivity index (χ3v) is 5.01. The van der Waals surface area contributed by atoms with Crippen LogP contribution in [-0.2, 0) is 10.0 Å². The molecule has 8 heteroatoms. The topological polar surface area (TPSA) is 57.7 Å². The van der Waals surface area contributed by atoms with Gasteiger partial charge in [-0.2, -0.15) is 0 Å². The van der Waals surface area contributed by atoms with Crippen molar-refractivity contribution in [2.45, 2.75) is 4.90 Å². The Morgan fingerprint density at radius 2 is 1.58 bits per heavy atom. The summed E-state index contributed by atoms with van der Waals surface area (Å²) in [6.07, 6.45) is 0. The Labute approximate surface area is 122 Å². The normalized spacial score (nSPS) is 11.7. The van der Waals surface area contributed by atoms with Crippen molar-refractivity contribution in [3.63, 3.8) is 0 Å². The molecule has 0 saturated heterocycles. The van der Waals surface area contributed by atoms with Gasteiger partial charge in [0.1, 0.15) is 4.90 Å². The minimum absolute atomic E-state index is 0.0194. The van der Waals surface area contributed by atoms with Crippen LogP contribution in [0.2, 0.25) is 10.0 Å². The van der Waals surface area contributed by atoms with E-state index in [1.807, 2.05) is 0 Å². The van der Waals surface area contributed by atoms with Gasteiger partial charge in [-0.05, 0) is 12.1 Å². The number of carbonyl (C=O) groups is 1. The number of rotatable bonds is 3. The Bertz CT molecular complexity index is 613. The second-order valence-electron chi connectivity index (χ2n) is 4.25. The average molecular weight is 325 g/mol. The largest absolute Gasteiger partial charge is 0.345 e. The number of benzene rings is 1. The van der Waals surface area contributed by atoms with Crippen molar-refractivity contribution in [1.29, 1.82) is 0 Å². The monoisotopic (exact) mass is 324 g/mol. The Kier molecular flexibility index (Phi) is 4.84. The molecule has 1 aromatic rings. The van der Waals surface area contributed by atoms with Crippen LogP contribution in [-0.4, -0.2) is 51.7 Å². The predicted octanol–water partition coefficient (Wildman–Crippen LogP) is 1.95. The van der Waals surface area contributed by atoms with E-state index in [9.17, 15) is 13.2 Å². The van der Waals surface area contributed by atoms with Gasteiger partial charge >= 0.3 is 0 Å². The number of sulfonamides is 1. The van der Waals surface area contributed by atoms with Crippen LogP contribution in [0, 0.1) is 0 Å². The smallest absolute Gasteiger partial charge is 0.254 e. The molecular formula is C11H14Cl2N2O3S. The van der Waals surface area contributed by atoms with Gasteiger partial charge in [-0.3, -0.25) is 4.79 Å². The highest BCUT2D eigenvalue weighted by Crippen LogP contribution is 2.30. The van der Waals surface area contributed by atoms with Gasteiger partial charge in [-0.25, -0.2) is 12.7 Å². The zero-order valence-corrected chi connectivity index (χ0v) is 13.3. The van der Waals surface area contributed by atoms with Crippen molar-refractivity contribution in [2.24, 2.45) is 0 Å².